The molecule has 4 rings (SSSR count). The normalized spacial score (nSPS) is 18.8. The number of fused-ring (bicyclic) bond motifs is 2. The van der Waals surface area contributed by atoms with E-state index in [9.17, 15) is 0 Å². The Kier molecular flexibility index (Phi) is 3.22. The van der Waals surface area contributed by atoms with Crippen molar-refractivity contribution >= 4 is 22.1 Å². The second-order valence-electron chi connectivity index (χ2n) is 8.20. The van der Waals surface area contributed by atoms with E-state index in [0.717, 1.165) is 0 Å². The van der Waals surface area contributed by atoms with E-state index in [0.29, 0.717) is 0 Å². The SMILES string of the molecule is CC1(C)CCC(C)(C)c2cc3cc(-c4cccs4)ccc3cc21. The average molecular weight is 321 g/mol. The molecule has 1 heteroatoms. The molecular weight excluding hydrogens is 296 g/mol. The van der Waals surface area contributed by atoms with E-state index in [1.165, 1.54) is 34.1 Å². The molecule has 1 aliphatic carbocycles. The van der Waals surface area contributed by atoms with Gasteiger partial charge < -0.3 is 0 Å². The van der Waals surface area contributed by atoms with Crippen LogP contribution in [0.15, 0.2) is 47.8 Å². The van der Waals surface area contributed by atoms with Gasteiger partial charge in [-0.05, 0) is 68.6 Å². The summed E-state index contributed by atoms with van der Waals surface area (Å²) in [5.74, 6) is 0. The van der Waals surface area contributed by atoms with E-state index in [1.807, 2.05) is 11.3 Å². The minimum Gasteiger partial charge on any atom is -0.144 e. The van der Waals surface area contributed by atoms with Crippen LogP contribution in [0, 0.1) is 0 Å². The van der Waals surface area contributed by atoms with Crippen LogP contribution in [-0.2, 0) is 10.8 Å². The summed E-state index contributed by atoms with van der Waals surface area (Å²) in [5.41, 5.74) is 4.98. The first-order chi connectivity index (χ1) is 10.9. The molecule has 0 unspecified atom stereocenters. The maximum Gasteiger partial charge on any atom is 0.0342 e. The number of benzene rings is 2. The van der Waals surface area contributed by atoms with Crippen molar-refractivity contribution in [2.45, 2.75) is 51.4 Å². The van der Waals surface area contributed by atoms with Gasteiger partial charge in [-0.2, -0.15) is 0 Å². The summed E-state index contributed by atoms with van der Waals surface area (Å²) < 4.78 is 0. The Morgan fingerprint density at radius 3 is 2.04 bits per heavy atom. The summed E-state index contributed by atoms with van der Waals surface area (Å²) in [6.45, 7) is 9.59. The van der Waals surface area contributed by atoms with Gasteiger partial charge in [-0.25, -0.2) is 0 Å². The van der Waals surface area contributed by atoms with E-state index >= 15 is 0 Å². The van der Waals surface area contributed by atoms with E-state index in [-0.39, 0.29) is 10.8 Å². The molecular formula is C22H24S. The van der Waals surface area contributed by atoms with Gasteiger partial charge in [0.25, 0.3) is 0 Å². The van der Waals surface area contributed by atoms with Crippen molar-refractivity contribution in [1.29, 1.82) is 0 Å². The van der Waals surface area contributed by atoms with Crippen LogP contribution in [0.2, 0.25) is 0 Å². The average Bonchev–Trinajstić information content (AvgIpc) is 3.05. The lowest BCUT2D eigenvalue weighted by atomic mass is 9.63. The van der Waals surface area contributed by atoms with Crippen LogP contribution in [0.1, 0.15) is 51.7 Å². The Morgan fingerprint density at radius 1 is 0.783 bits per heavy atom. The zero-order valence-corrected chi connectivity index (χ0v) is 15.3. The zero-order chi connectivity index (χ0) is 16.2. The predicted octanol–water partition coefficient (Wildman–Crippen LogP) is 6.92. The quantitative estimate of drug-likeness (QED) is 0.456. The van der Waals surface area contributed by atoms with Gasteiger partial charge in [-0.3, -0.25) is 0 Å². The smallest absolute Gasteiger partial charge is 0.0342 e. The fourth-order valence-corrected chi connectivity index (χ4v) is 4.63. The van der Waals surface area contributed by atoms with Crippen molar-refractivity contribution in [2.24, 2.45) is 0 Å². The van der Waals surface area contributed by atoms with Gasteiger partial charge >= 0.3 is 0 Å². The fraction of sp³-hybridized carbons (Fsp3) is 0.364. The molecule has 0 fully saturated rings. The molecule has 0 bridgehead atoms. The molecule has 0 spiro atoms. The second-order valence-corrected chi connectivity index (χ2v) is 9.15. The van der Waals surface area contributed by atoms with E-state index in [4.69, 9.17) is 0 Å². The molecule has 0 saturated carbocycles. The highest BCUT2D eigenvalue weighted by atomic mass is 32.1. The van der Waals surface area contributed by atoms with Crippen molar-refractivity contribution < 1.29 is 0 Å². The van der Waals surface area contributed by atoms with E-state index < -0.39 is 0 Å². The summed E-state index contributed by atoms with van der Waals surface area (Å²) in [6, 6.07) is 16.2. The molecule has 2 aromatic carbocycles. The molecule has 0 atom stereocenters. The fourth-order valence-electron chi connectivity index (χ4n) is 3.91. The van der Waals surface area contributed by atoms with Crippen molar-refractivity contribution in [3.05, 3.63) is 59.0 Å². The van der Waals surface area contributed by atoms with Crippen molar-refractivity contribution in [3.63, 3.8) is 0 Å². The Hall–Kier alpha value is -1.60. The monoisotopic (exact) mass is 320 g/mol. The Morgan fingerprint density at radius 2 is 1.43 bits per heavy atom. The third-order valence-corrected chi connectivity index (χ3v) is 6.53. The van der Waals surface area contributed by atoms with Gasteiger partial charge in [-0.15, -0.1) is 11.3 Å². The first-order valence-corrected chi connectivity index (χ1v) is 9.37. The highest BCUT2D eigenvalue weighted by Gasteiger charge is 2.37. The number of rotatable bonds is 1. The number of hydrogen-bond acceptors (Lipinski definition) is 1. The highest BCUT2D eigenvalue weighted by molar-refractivity contribution is 7.13. The molecule has 0 amide bonds. The third kappa shape index (κ3) is 2.42. The van der Waals surface area contributed by atoms with E-state index in [2.05, 4.69) is 75.5 Å². The van der Waals surface area contributed by atoms with Gasteiger partial charge in [0.15, 0.2) is 0 Å². The van der Waals surface area contributed by atoms with Crippen LogP contribution in [-0.4, -0.2) is 0 Å². The lowest BCUT2D eigenvalue weighted by molar-refractivity contribution is 0.332. The van der Waals surface area contributed by atoms with Gasteiger partial charge in [0.2, 0.25) is 0 Å². The Balaban J connectivity index is 1.95. The first-order valence-electron chi connectivity index (χ1n) is 8.50. The summed E-state index contributed by atoms with van der Waals surface area (Å²) >= 11 is 1.81. The van der Waals surface area contributed by atoms with Gasteiger partial charge in [0.1, 0.15) is 0 Å². The summed E-state index contributed by atoms with van der Waals surface area (Å²) in [4.78, 5) is 1.35. The first kappa shape index (κ1) is 15.0. The number of hydrogen-bond donors (Lipinski definition) is 0. The van der Waals surface area contributed by atoms with Gasteiger partial charge in [0.05, 0.1) is 0 Å². The predicted molar refractivity (Wildman–Crippen MR) is 103 cm³/mol. The molecule has 118 valence electrons. The van der Waals surface area contributed by atoms with Gasteiger partial charge in [0, 0.05) is 4.88 Å². The summed E-state index contributed by atoms with van der Waals surface area (Å²) in [5, 5.41) is 4.90. The molecule has 0 saturated heterocycles. The molecule has 0 radical (unpaired) electrons. The molecule has 0 aliphatic heterocycles. The second kappa shape index (κ2) is 4.95. The van der Waals surface area contributed by atoms with Crippen LogP contribution in [0.25, 0.3) is 21.2 Å². The minimum absolute atomic E-state index is 0.276. The largest absolute Gasteiger partial charge is 0.144 e. The van der Waals surface area contributed by atoms with Crippen LogP contribution in [0.5, 0.6) is 0 Å². The summed E-state index contributed by atoms with van der Waals surface area (Å²) in [7, 11) is 0. The van der Waals surface area contributed by atoms with Crippen molar-refractivity contribution in [1.82, 2.24) is 0 Å². The van der Waals surface area contributed by atoms with Crippen LogP contribution < -0.4 is 0 Å². The molecule has 1 aromatic heterocycles. The minimum atomic E-state index is 0.276. The molecule has 3 aromatic rings. The van der Waals surface area contributed by atoms with Crippen molar-refractivity contribution in [2.75, 3.05) is 0 Å². The Labute approximate surface area is 143 Å². The maximum absolute atomic E-state index is 2.46. The van der Waals surface area contributed by atoms with E-state index in [1.54, 1.807) is 11.1 Å². The van der Waals surface area contributed by atoms with Gasteiger partial charge in [-0.1, -0.05) is 58.0 Å². The lowest BCUT2D eigenvalue weighted by Crippen LogP contribution is -2.33. The standard InChI is InChI=1S/C22H24S/c1-21(2)9-10-22(3,4)19-14-17-12-16(20-6-5-11-23-20)8-7-15(17)13-18(19)21/h5-8,11-14H,9-10H2,1-4H3. The Bertz CT molecular complexity index is 866. The number of thiophene rings is 1. The summed E-state index contributed by atoms with van der Waals surface area (Å²) in [6.07, 6.45) is 2.54. The molecule has 23 heavy (non-hydrogen) atoms. The molecule has 0 N–H and O–H groups in total. The zero-order valence-electron chi connectivity index (χ0n) is 14.4. The van der Waals surface area contributed by atoms with Crippen LogP contribution >= 0.6 is 11.3 Å². The van der Waals surface area contributed by atoms with Crippen LogP contribution in [0.3, 0.4) is 0 Å². The third-order valence-electron chi connectivity index (χ3n) is 5.62. The topological polar surface area (TPSA) is 0 Å². The van der Waals surface area contributed by atoms with Crippen molar-refractivity contribution in [3.8, 4) is 10.4 Å². The lowest BCUT2D eigenvalue weighted by Gasteiger charge is -2.42. The highest BCUT2D eigenvalue weighted by Crippen LogP contribution is 2.47. The van der Waals surface area contributed by atoms with Crippen LogP contribution in [0.4, 0.5) is 0 Å². The molecule has 1 heterocycles. The molecule has 0 nitrogen and oxygen atoms in total. The molecule has 1 aliphatic rings. The maximum atomic E-state index is 2.46.